The lowest BCUT2D eigenvalue weighted by atomic mass is 10.0. The van der Waals surface area contributed by atoms with E-state index < -0.39 is 5.97 Å². The molecule has 5 nitrogen and oxygen atoms in total. The molecule has 1 heterocycles. The summed E-state index contributed by atoms with van der Waals surface area (Å²) in [5, 5.41) is 19.3. The number of aliphatic hydroxyl groups is 1. The van der Waals surface area contributed by atoms with Crippen molar-refractivity contribution in [2.75, 3.05) is 13.2 Å². The lowest BCUT2D eigenvalue weighted by Gasteiger charge is -2.07. The van der Waals surface area contributed by atoms with Gasteiger partial charge >= 0.3 is 5.97 Å². The van der Waals surface area contributed by atoms with Gasteiger partial charge in [0.1, 0.15) is 0 Å². The summed E-state index contributed by atoms with van der Waals surface area (Å²) in [5.74, 6) is -0.915. The highest BCUT2D eigenvalue weighted by molar-refractivity contribution is 6.05. The second kappa shape index (κ2) is 6.74. The molecule has 21 heavy (non-hydrogen) atoms. The van der Waals surface area contributed by atoms with Crippen LogP contribution in [0.3, 0.4) is 0 Å². The molecular weight excluding hydrogens is 268 g/mol. The lowest BCUT2D eigenvalue weighted by molar-refractivity contribution is 0.0699. The van der Waals surface area contributed by atoms with Crippen molar-refractivity contribution in [3.63, 3.8) is 0 Å². The van der Waals surface area contributed by atoms with Crippen molar-refractivity contribution in [2.24, 2.45) is 5.73 Å². The Kier molecular flexibility index (Phi) is 4.98. The normalized spacial score (nSPS) is 11.2. The Morgan fingerprint density at radius 1 is 1.33 bits per heavy atom. The summed E-state index contributed by atoms with van der Waals surface area (Å²) in [7, 11) is 0. The van der Waals surface area contributed by atoms with Crippen molar-refractivity contribution < 1.29 is 15.0 Å². The van der Waals surface area contributed by atoms with Crippen LogP contribution in [0.2, 0.25) is 0 Å². The molecule has 0 aliphatic heterocycles. The van der Waals surface area contributed by atoms with Crippen LogP contribution in [0.5, 0.6) is 0 Å². The molecule has 0 atom stereocenters. The second-order valence-electron chi connectivity index (χ2n) is 5.19. The zero-order valence-corrected chi connectivity index (χ0v) is 12.3. The number of carbonyl (C=O) groups is 1. The maximum Gasteiger partial charge on any atom is 0.336 e. The average Bonchev–Trinajstić information content (AvgIpc) is 2.74. The van der Waals surface area contributed by atoms with Crippen LogP contribution in [0.15, 0.2) is 18.2 Å². The number of carboxylic acid groups (broad SMARTS) is 1. The first-order valence-electron chi connectivity index (χ1n) is 7.26. The van der Waals surface area contributed by atoms with Gasteiger partial charge in [0.15, 0.2) is 0 Å². The van der Waals surface area contributed by atoms with Crippen LogP contribution in [0.25, 0.3) is 10.9 Å². The fraction of sp³-hybridized carbons (Fsp3) is 0.438. The number of hydrogen-bond acceptors (Lipinski definition) is 3. The average molecular weight is 290 g/mol. The maximum absolute atomic E-state index is 11.5. The SMILES string of the molecule is Cc1c(CCCO)c2c(C(=O)O)cccc2n1CCCN. The van der Waals surface area contributed by atoms with E-state index in [1.807, 2.05) is 13.0 Å². The van der Waals surface area contributed by atoms with E-state index in [0.717, 1.165) is 35.1 Å². The van der Waals surface area contributed by atoms with Crippen LogP contribution in [-0.4, -0.2) is 33.9 Å². The highest BCUT2D eigenvalue weighted by Crippen LogP contribution is 2.30. The van der Waals surface area contributed by atoms with Gasteiger partial charge < -0.3 is 20.5 Å². The minimum atomic E-state index is -0.915. The van der Waals surface area contributed by atoms with Gasteiger partial charge in [0.25, 0.3) is 0 Å². The summed E-state index contributed by atoms with van der Waals surface area (Å²) in [6.45, 7) is 3.49. The van der Waals surface area contributed by atoms with Crippen molar-refractivity contribution in [1.29, 1.82) is 0 Å². The van der Waals surface area contributed by atoms with E-state index in [2.05, 4.69) is 4.57 Å². The van der Waals surface area contributed by atoms with Crippen molar-refractivity contribution >= 4 is 16.9 Å². The number of aromatic nitrogens is 1. The Bertz CT molecular complexity index is 646. The monoisotopic (exact) mass is 290 g/mol. The Labute approximate surface area is 124 Å². The predicted octanol–water partition coefficient (Wildman–Crippen LogP) is 1.92. The third-order valence-electron chi connectivity index (χ3n) is 3.88. The van der Waals surface area contributed by atoms with Gasteiger partial charge in [-0.3, -0.25) is 0 Å². The number of fused-ring (bicyclic) bond motifs is 1. The zero-order valence-electron chi connectivity index (χ0n) is 12.3. The highest BCUT2D eigenvalue weighted by Gasteiger charge is 2.19. The lowest BCUT2D eigenvalue weighted by Crippen LogP contribution is -2.07. The summed E-state index contributed by atoms with van der Waals surface area (Å²) in [6, 6.07) is 5.37. The third-order valence-corrected chi connectivity index (χ3v) is 3.88. The van der Waals surface area contributed by atoms with Gasteiger partial charge in [-0.1, -0.05) is 6.07 Å². The molecule has 0 unspecified atom stereocenters. The van der Waals surface area contributed by atoms with E-state index >= 15 is 0 Å². The van der Waals surface area contributed by atoms with E-state index in [4.69, 9.17) is 10.8 Å². The van der Waals surface area contributed by atoms with E-state index in [-0.39, 0.29) is 6.61 Å². The van der Waals surface area contributed by atoms with Crippen LogP contribution in [-0.2, 0) is 13.0 Å². The van der Waals surface area contributed by atoms with Crippen LogP contribution in [0, 0.1) is 6.92 Å². The molecule has 0 amide bonds. The first-order chi connectivity index (χ1) is 10.1. The van der Waals surface area contributed by atoms with Crippen LogP contribution >= 0.6 is 0 Å². The van der Waals surface area contributed by atoms with Crippen LogP contribution in [0.4, 0.5) is 0 Å². The molecule has 0 spiro atoms. The minimum Gasteiger partial charge on any atom is -0.478 e. The number of benzene rings is 1. The van der Waals surface area contributed by atoms with Gasteiger partial charge in [-0.2, -0.15) is 0 Å². The van der Waals surface area contributed by atoms with E-state index in [0.29, 0.717) is 24.9 Å². The number of nitrogens with two attached hydrogens (primary N) is 1. The van der Waals surface area contributed by atoms with Crippen molar-refractivity contribution in [2.45, 2.75) is 32.7 Å². The standard InChI is InChI=1S/C16H22N2O3/c1-11-12(6-3-10-19)15-13(16(20)21)5-2-7-14(15)18(11)9-4-8-17/h2,5,7,19H,3-4,6,8-10,17H2,1H3,(H,20,21). The number of rotatable bonds is 7. The predicted molar refractivity (Wildman–Crippen MR) is 82.7 cm³/mol. The molecule has 4 N–H and O–H groups in total. The minimum absolute atomic E-state index is 0.101. The summed E-state index contributed by atoms with van der Waals surface area (Å²) in [6.07, 6.45) is 2.16. The van der Waals surface area contributed by atoms with Crippen molar-refractivity contribution in [3.8, 4) is 0 Å². The molecule has 0 fully saturated rings. The van der Waals surface area contributed by atoms with Gasteiger partial charge in [0, 0.05) is 29.7 Å². The number of hydrogen-bond donors (Lipinski definition) is 3. The Morgan fingerprint density at radius 3 is 2.71 bits per heavy atom. The van der Waals surface area contributed by atoms with Gasteiger partial charge in [-0.05, 0) is 50.4 Å². The Morgan fingerprint density at radius 2 is 2.10 bits per heavy atom. The number of aryl methyl sites for hydroxylation is 2. The van der Waals surface area contributed by atoms with Gasteiger partial charge in [-0.15, -0.1) is 0 Å². The molecule has 114 valence electrons. The van der Waals surface area contributed by atoms with Crippen LogP contribution < -0.4 is 5.73 Å². The highest BCUT2D eigenvalue weighted by atomic mass is 16.4. The molecule has 0 bridgehead atoms. The van der Waals surface area contributed by atoms with Crippen molar-refractivity contribution in [3.05, 3.63) is 35.0 Å². The summed E-state index contributed by atoms with van der Waals surface area (Å²) < 4.78 is 2.14. The van der Waals surface area contributed by atoms with Gasteiger partial charge in [-0.25, -0.2) is 4.79 Å². The van der Waals surface area contributed by atoms with Crippen molar-refractivity contribution in [1.82, 2.24) is 4.57 Å². The molecule has 0 radical (unpaired) electrons. The quantitative estimate of drug-likeness (QED) is 0.727. The van der Waals surface area contributed by atoms with E-state index in [9.17, 15) is 9.90 Å². The molecule has 0 aliphatic carbocycles. The molecule has 0 saturated heterocycles. The molecule has 0 aliphatic rings. The third kappa shape index (κ3) is 2.94. The molecule has 5 heteroatoms. The number of aromatic carboxylic acids is 1. The molecular formula is C16H22N2O3. The Hall–Kier alpha value is -1.85. The number of nitrogens with zero attached hydrogens (tertiary/aromatic N) is 1. The first-order valence-corrected chi connectivity index (χ1v) is 7.26. The summed E-state index contributed by atoms with van der Waals surface area (Å²) in [5.41, 5.74) is 8.95. The fourth-order valence-corrected chi connectivity index (χ4v) is 2.88. The fourth-order valence-electron chi connectivity index (χ4n) is 2.88. The number of aliphatic hydroxyl groups excluding tert-OH is 1. The largest absolute Gasteiger partial charge is 0.478 e. The Balaban J connectivity index is 2.66. The van der Waals surface area contributed by atoms with E-state index in [1.54, 1.807) is 12.1 Å². The molecule has 1 aromatic heterocycles. The zero-order chi connectivity index (χ0) is 15.4. The molecule has 2 aromatic rings. The van der Waals surface area contributed by atoms with Gasteiger partial charge in [0.05, 0.1) is 5.56 Å². The second-order valence-corrected chi connectivity index (χ2v) is 5.19. The maximum atomic E-state index is 11.5. The number of carboxylic acids is 1. The molecule has 2 rings (SSSR count). The summed E-state index contributed by atoms with van der Waals surface area (Å²) in [4.78, 5) is 11.5. The first kappa shape index (κ1) is 15.5. The van der Waals surface area contributed by atoms with Gasteiger partial charge in [0.2, 0.25) is 0 Å². The topological polar surface area (TPSA) is 88.5 Å². The molecule has 1 aromatic carbocycles. The molecule has 0 saturated carbocycles. The summed E-state index contributed by atoms with van der Waals surface area (Å²) >= 11 is 0. The van der Waals surface area contributed by atoms with Crippen LogP contribution in [0.1, 0.15) is 34.5 Å². The van der Waals surface area contributed by atoms with E-state index in [1.165, 1.54) is 0 Å². The smallest absolute Gasteiger partial charge is 0.336 e.